The molecule has 0 amide bonds. The van der Waals surface area contributed by atoms with Gasteiger partial charge in [0.05, 0.1) is 14.2 Å². The highest BCUT2D eigenvalue weighted by atomic mass is 16.5. The molecule has 0 bridgehead atoms. The molecule has 0 radical (unpaired) electrons. The minimum Gasteiger partial charge on any atom is -0.493 e. The molecule has 0 aliphatic heterocycles. The second kappa shape index (κ2) is 6.73. The molecule has 0 aromatic heterocycles. The third kappa shape index (κ3) is 3.19. The molecule has 0 atom stereocenters. The van der Waals surface area contributed by atoms with Crippen LogP contribution in [0.3, 0.4) is 0 Å². The van der Waals surface area contributed by atoms with Crippen molar-refractivity contribution in [2.24, 2.45) is 0 Å². The lowest BCUT2D eigenvalue weighted by molar-refractivity contribution is 0.354. The second-order valence-corrected chi connectivity index (χ2v) is 5.73. The Morgan fingerprint density at radius 2 is 1.64 bits per heavy atom. The average molecular weight is 297 g/mol. The Kier molecular flexibility index (Phi) is 4.52. The van der Waals surface area contributed by atoms with Crippen molar-refractivity contribution in [3.05, 3.63) is 53.1 Å². The van der Waals surface area contributed by atoms with E-state index < -0.39 is 0 Å². The fourth-order valence-corrected chi connectivity index (χ4v) is 3.04. The first kappa shape index (κ1) is 14.8. The van der Waals surface area contributed by atoms with E-state index in [1.807, 2.05) is 12.1 Å². The van der Waals surface area contributed by atoms with Crippen LogP contribution in [0.4, 0.5) is 5.69 Å². The van der Waals surface area contributed by atoms with Gasteiger partial charge in [-0.05, 0) is 66.6 Å². The van der Waals surface area contributed by atoms with Crippen molar-refractivity contribution in [1.82, 2.24) is 0 Å². The van der Waals surface area contributed by atoms with Crippen molar-refractivity contribution in [2.45, 2.75) is 32.2 Å². The van der Waals surface area contributed by atoms with Gasteiger partial charge in [0, 0.05) is 12.2 Å². The Hall–Kier alpha value is -2.16. The number of methoxy groups -OCH3 is 2. The van der Waals surface area contributed by atoms with Gasteiger partial charge in [0.25, 0.3) is 0 Å². The van der Waals surface area contributed by atoms with Crippen molar-refractivity contribution >= 4 is 5.69 Å². The van der Waals surface area contributed by atoms with Gasteiger partial charge in [0.1, 0.15) is 0 Å². The summed E-state index contributed by atoms with van der Waals surface area (Å²) in [6.07, 6.45) is 5.07. The first-order valence-electron chi connectivity index (χ1n) is 7.87. The molecule has 0 unspecified atom stereocenters. The monoisotopic (exact) mass is 297 g/mol. The van der Waals surface area contributed by atoms with E-state index in [1.165, 1.54) is 48.1 Å². The average Bonchev–Trinajstić information content (AvgIpc) is 2.59. The summed E-state index contributed by atoms with van der Waals surface area (Å²) >= 11 is 0. The molecular formula is C19H23NO2. The molecule has 1 aliphatic carbocycles. The smallest absolute Gasteiger partial charge is 0.161 e. The molecule has 3 heteroatoms. The van der Waals surface area contributed by atoms with Crippen LogP contribution in [0.2, 0.25) is 0 Å². The summed E-state index contributed by atoms with van der Waals surface area (Å²) in [6, 6.07) is 12.8. The fourth-order valence-electron chi connectivity index (χ4n) is 3.04. The van der Waals surface area contributed by atoms with Crippen molar-refractivity contribution in [3.8, 4) is 11.5 Å². The lowest BCUT2D eigenvalue weighted by Gasteiger charge is -2.17. The number of hydrogen-bond acceptors (Lipinski definition) is 3. The van der Waals surface area contributed by atoms with Crippen molar-refractivity contribution < 1.29 is 9.47 Å². The number of ether oxygens (including phenoxy) is 2. The van der Waals surface area contributed by atoms with E-state index in [0.29, 0.717) is 0 Å². The summed E-state index contributed by atoms with van der Waals surface area (Å²) in [7, 11) is 3.32. The molecule has 1 N–H and O–H groups in total. The third-order valence-electron chi connectivity index (χ3n) is 4.29. The minimum atomic E-state index is 0.764. The molecule has 2 aromatic rings. The summed E-state index contributed by atoms with van der Waals surface area (Å²) in [5.41, 5.74) is 5.39. The van der Waals surface area contributed by atoms with Gasteiger partial charge in [0.2, 0.25) is 0 Å². The maximum atomic E-state index is 5.35. The van der Waals surface area contributed by atoms with Crippen LogP contribution in [0.1, 0.15) is 29.5 Å². The molecule has 3 rings (SSSR count). The number of rotatable bonds is 5. The van der Waals surface area contributed by atoms with E-state index in [9.17, 15) is 0 Å². The highest BCUT2D eigenvalue weighted by Crippen LogP contribution is 2.28. The quantitative estimate of drug-likeness (QED) is 0.897. The number of anilines is 1. The normalized spacial score (nSPS) is 13.4. The van der Waals surface area contributed by atoms with Crippen LogP contribution in [0.25, 0.3) is 0 Å². The highest BCUT2D eigenvalue weighted by molar-refractivity contribution is 5.50. The first-order chi connectivity index (χ1) is 10.8. The van der Waals surface area contributed by atoms with E-state index in [0.717, 1.165) is 18.0 Å². The highest BCUT2D eigenvalue weighted by Gasteiger charge is 2.09. The number of aryl methyl sites for hydroxylation is 2. The second-order valence-electron chi connectivity index (χ2n) is 5.73. The Balaban J connectivity index is 1.69. The maximum Gasteiger partial charge on any atom is 0.161 e. The van der Waals surface area contributed by atoms with E-state index in [4.69, 9.17) is 9.47 Å². The van der Waals surface area contributed by atoms with Crippen LogP contribution in [0, 0.1) is 0 Å². The first-order valence-corrected chi connectivity index (χ1v) is 7.87. The standard InChI is InChI=1S/C19H23NO2/c1-21-18-10-7-14(11-19(18)22-2)13-20-17-9-8-15-5-3-4-6-16(15)12-17/h7-12,20H,3-6,13H2,1-2H3. The van der Waals surface area contributed by atoms with Gasteiger partial charge < -0.3 is 14.8 Å². The largest absolute Gasteiger partial charge is 0.493 e. The number of hydrogen-bond donors (Lipinski definition) is 1. The zero-order chi connectivity index (χ0) is 15.4. The lowest BCUT2D eigenvalue weighted by atomic mass is 9.91. The van der Waals surface area contributed by atoms with Crippen molar-refractivity contribution in [2.75, 3.05) is 19.5 Å². The lowest BCUT2D eigenvalue weighted by Crippen LogP contribution is -2.05. The molecule has 0 saturated heterocycles. The number of nitrogens with one attached hydrogen (secondary N) is 1. The molecule has 1 aliphatic rings. The Labute approximate surface area is 132 Å². The van der Waals surface area contributed by atoms with Gasteiger partial charge in [-0.2, -0.15) is 0 Å². The molecule has 0 spiro atoms. The molecule has 0 heterocycles. The predicted octanol–water partition coefficient (Wildman–Crippen LogP) is 4.19. The topological polar surface area (TPSA) is 30.5 Å². The molecule has 0 fully saturated rings. The summed E-state index contributed by atoms with van der Waals surface area (Å²) in [6.45, 7) is 0.777. The summed E-state index contributed by atoms with van der Waals surface area (Å²) in [5, 5.41) is 3.50. The number of benzene rings is 2. The molecular weight excluding hydrogens is 274 g/mol. The molecule has 22 heavy (non-hydrogen) atoms. The van der Waals surface area contributed by atoms with Crippen molar-refractivity contribution in [3.63, 3.8) is 0 Å². The van der Waals surface area contributed by atoms with Gasteiger partial charge in [-0.25, -0.2) is 0 Å². The van der Waals surface area contributed by atoms with E-state index in [1.54, 1.807) is 14.2 Å². The minimum absolute atomic E-state index is 0.764. The predicted molar refractivity (Wildman–Crippen MR) is 90.0 cm³/mol. The van der Waals surface area contributed by atoms with Crippen LogP contribution in [0.15, 0.2) is 36.4 Å². The third-order valence-corrected chi connectivity index (χ3v) is 4.29. The van der Waals surface area contributed by atoms with E-state index in [2.05, 4.69) is 29.6 Å². The fraction of sp³-hybridized carbons (Fsp3) is 0.368. The van der Waals surface area contributed by atoms with E-state index in [-0.39, 0.29) is 0 Å². The Morgan fingerprint density at radius 1 is 0.864 bits per heavy atom. The Morgan fingerprint density at radius 3 is 2.41 bits per heavy atom. The zero-order valence-electron chi connectivity index (χ0n) is 13.3. The van der Waals surface area contributed by atoms with Crippen LogP contribution >= 0.6 is 0 Å². The SMILES string of the molecule is COc1ccc(CNc2ccc3c(c2)CCCC3)cc1OC. The van der Waals surface area contributed by atoms with Gasteiger partial charge in [-0.15, -0.1) is 0 Å². The van der Waals surface area contributed by atoms with Crippen molar-refractivity contribution in [1.29, 1.82) is 0 Å². The Bertz CT molecular complexity index is 612. The van der Waals surface area contributed by atoms with Crippen LogP contribution in [-0.2, 0) is 19.4 Å². The van der Waals surface area contributed by atoms with Crippen LogP contribution in [0.5, 0.6) is 11.5 Å². The summed E-state index contributed by atoms with van der Waals surface area (Å²) in [5.74, 6) is 1.53. The molecule has 0 saturated carbocycles. The van der Waals surface area contributed by atoms with E-state index >= 15 is 0 Å². The zero-order valence-corrected chi connectivity index (χ0v) is 13.3. The van der Waals surface area contributed by atoms with Gasteiger partial charge in [-0.3, -0.25) is 0 Å². The number of fused-ring (bicyclic) bond motifs is 1. The van der Waals surface area contributed by atoms with Crippen LogP contribution in [-0.4, -0.2) is 14.2 Å². The molecule has 116 valence electrons. The van der Waals surface area contributed by atoms with Gasteiger partial charge >= 0.3 is 0 Å². The summed E-state index contributed by atoms with van der Waals surface area (Å²) in [4.78, 5) is 0. The van der Waals surface area contributed by atoms with Crippen LogP contribution < -0.4 is 14.8 Å². The molecule has 3 nitrogen and oxygen atoms in total. The van der Waals surface area contributed by atoms with Gasteiger partial charge in [0.15, 0.2) is 11.5 Å². The summed E-state index contributed by atoms with van der Waals surface area (Å²) < 4.78 is 10.6. The van der Waals surface area contributed by atoms with Gasteiger partial charge in [-0.1, -0.05) is 12.1 Å². The molecule has 2 aromatic carbocycles. The maximum absolute atomic E-state index is 5.35.